The van der Waals surface area contributed by atoms with Gasteiger partial charge in [-0.1, -0.05) is 23.2 Å². The second kappa shape index (κ2) is 4.38. The Morgan fingerprint density at radius 1 is 1.50 bits per heavy atom. The molecule has 14 heavy (non-hydrogen) atoms. The monoisotopic (exact) mass is 297 g/mol. The van der Waals surface area contributed by atoms with Crippen molar-refractivity contribution in [1.29, 1.82) is 0 Å². The molecule has 0 aliphatic rings. The van der Waals surface area contributed by atoms with Crippen LogP contribution in [0.5, 0.6) is 0 Å². The summed E-state index contributed by atoms with van der Waals surface area (Å²) in [6.45, 7) is 0. The van der Waals surface area contributed by atoms with Crippen molar-refractivity contribution >= 4 is 50.8 Å². The van der Waals surface area contributed by atoms with E-state index in [2.05, 4.69) is 20.7 Å². The van der Waals surface area contributed by atoms with Gasteiger partial charge in [0.15, 0.2) is 0 Å². The molecule has 1 aromatic rings. The summed E-state index contributed by atoms with van der Waals surface area (Å²) in [5.74, 6) is -0.554. The van der Waals surface area contributed by atoms with Crippen molar-refractivity contribution in [3.8, 4) is 0 Å². The predicted molar refractivity (Wildman–Crippen MR) is 59.9 cm³/mol. The predicted octanol–water partition coefficient (Wildman–Crippen LogP) is 3.12. The third-order valence-electron chi connectivity index (χ3n) is 1.61. The zero-order valence-corrected chi connectivity index (χ0v) is 10.2. The Labute approximate surface area is 99.3 Å². The van der Waals surface area contributed by atoms with Crippen LogP contribution in [0.3, 0.4) is 0 Å². The van der Waals surface area contributed by atoms with Crippen LogP contribution in [0.25, 0.3) is 0 Å². The highest BCUT2D eigenvalue weighted by atomic mass is 79.9. The number of nitrogens with two attached hydrogens (primary N) is 1. The number of nitrogen functional groups attached to an aromatic ring is 1. The first-order valence-corrected chi connectivity index (χ1v) is 5.05. The number of carbonyl (C=O) groups is 1. The molecule has 0 fully saturated rings. The zero-order valence-electron chi connectivity index (χ0n) is 7.11. The lowest BCUT2D eigenvalue weighted by molar-refractivity contribution is 0.0602. The number of rotatable bonds is 1. The molecule has 0 unspecified atom stereocenters. The summed E-state index contributed by atoms with van der Waals surface area (Å²) in [7, 11) is 1.26. The highest BCUT2D eigenvalue weighted by Crippen LogP contribution is 2.37. The lowest BCUT2D eigenvalue weighted by Crippen LogP contribution is -2.06. The van der Waals surface area contributed by atoms with Crippen molar-refractivity contribution in [3.63, 3.8) is 0 Å². The summed E-state index contributed by atoms with van der Waals surface area (Å²) >= 11 is 14.7. The summed E-state index contributed by atoms with van der Waals surface area (Å²) in [5, 5.41) is 0.415. The number of hydrogen-bond donors (Lipinski definition) is 1. The minimum Gasteiger partial charge on any atom is -0.465 e. The maximum atomic E-state index is 11.2. The van der Waals surface area contributed by atoms with E-state index < -0.39 is 5.97 Å². The third-order valence-corrected chi connectivity index (χ3v) is 3.34. The average molecular weight is 299 g/mol. The minimum absolute atomic E-state index is 0.117. The van der Waals surface area contributed by atoms with Crippen molar-refractivity contribution in [2.45, 2.75) is 0 Å². The van der Waals surface area contributed by atoms with E-state index in [1.165, 1.54) is 13.2 Å². The summed E-state index contributed by atoms with van der Waals surface area (Å²) in [4.78, 5) is 11.2. The highest BCUT2D eigenvalue weighted by Gasteiger charge is 2.17. The van der Waals surface area contributed by atoms with E-state index in [9.17, 15) is 4.79 Å². The zero-order chi connectivity index (χ0) is 10.9. The van der Waals surface area contributed by atoms with Gasteiger partial charge in [-0.15, -0.1) is 0 Å². The van der Waals surface area contributed by atoms with Crippen LogP contribution in [0, 0.1) is 0 Å². The number of anilines is 1. The summed E-state index contributed by atoms with van der Waals surface area (Å²) in [6, 6.07) is 1.47. The number of carbonyl (C=O) groups excluding carboxylic acids is 1. The van der Waals surface area contributed by atoms with E-state index in [0.717, 1.165) is 0 Å². The Morgan fingerprint density at radius 2 is 2.07 bits per heavy atom. The molecule has 1 aromatic carbocycles. The second-order valence-corrected chi connectivity index (χ2v) is 4.05. The molecule has 0 aliphatic heterocycles. The molecule has 0 spiro atoms. The van der Waals surface area contributed by atoms with E-state index in [1.54, 1.807) is 0 Å². The van der Waals surface area contributed by atoms with Gasteiger partial charge in [-0.05, 0) is 22.0 Å². The Hall–Kier alpha value is -0.450. The Kier molecular flexibility index (Phi) is 3.64. The molecule has 0 aliphatic carbocycles. The number of esters is 1. The van der Waals surface area contributed by atoms with E-state index >= 15 is 0 Å². The number of ether oxygens (including phenoxy) is 1. The number of methoxy groups -OCH3 is 1. The number of halogens is 3. The second-order valence-electron chi connectivity index (χ2n) is 2.44. The van der Waals surface area contributed by atoms with E-state index in [1.807, 2.05) is 0 Å². The molecule has 0 radical (unpaired) electrons. The fourth-order valence-corrected chi connectivity index (χ4v) is 1.79. The van der Waals surface area contributed by atoms with Crippen LogP contribution in [0.15, 0.2) is 10.5 Å². The molecule has 0 aromatic heterocycles. The maximum absolute atomic E-state index is 11.2. The summed E-state index contributed by atoms with van der Waals surface area (Å²) < 4.78 is 5.02. The topological polar surface area (TPSA) is 52.3 Å². The van der Waals surface area contributed by atoms with Crippen molar-refractivity contribution in [1.82, 2.24) is 0 Å². The Balaban J connectivity index is 3.40. The Morgan fingerprint density at radius 3 is 2.57 bits per heavy atom. The standard InChI is InChI=1S/C8H6BrCl2NO2/c1-14-8(13)3-2-4(9)5(10)6(11)7(3)12/h2H,12H2,1H3. The molecule has 0 heterocycles. The normalized spacial score (nSPS) is 10.0. The molecular formula is C8H6BrCl2NO2. The van der Waals surface area contributed by atoms with Crippen LogP contribution in [0.4, 0.5) is 5.69 Å². The summed E-state index contributed by atoms with van der Waals surface area (Å²) in [6.07, 6.45) is 0. The highest BCUT2D eigenvalue weighted by molar-refractivity contribution is 9.10. The molecule has 0 atom stereocenters. The van der Waals surface area contributed by atoms with Gasteiger partial charge in [-0.3, -0.25) is 0 Å². The smallest absolute Gasteiger partial charge is 0.340 e. The van der Waals surface area contributed by atoms with Gasteiger partial charge >= 0.3 is 5.97 Å². The fourth-order valence-electron chi connectivity index (χ4n) is 0.888. The van der Waals surface area contributed by atoms with E-state index in [0.29, 0.717) is 4.47 Å². The first kappa shape index (κ1) is 11.6. The van der Waals surface area contributed by atoms with Crippen molar-refractivity contribution < 1.29 is 9.53 Å². The van der Waals surface area contributed by atoms with E-state index in [-0.39, 0.29) is 21.3 Å². The van der Waals surface area contributed by atoms with Crippen LogP contribution >= 0.6 is 39.1 Å². The minimum atomic E-state index is -0.554. The maximum Gasteiger partial charge on any atom is 0.340 e. The molecule has 6 heteroatoms. The number of benzene rings is 1. The van der Waals surface area contributed by atoms with Crippen LogP contribution in [-0.2, 0) is 4.74 Å². The van der Waals surface area contributed by atoms with Gasteiger partial charge in [0.1, 0.15) is 0 Å². The lowest BCUT2D eigenvalue weighted by Gasteiger charge is -2.08. The SMILES string of the molecule is COC(=O)c1cc(Br)c(Cl)c(Cl)c1N. The molecule has 76 valence electrons. The summed E-state index contributed by atoms with van der Waals surface area (Å²) in [5.41, 5.74) is 5.90. The van der Waals surface area contributed by atoms with Gasteiger partial charge in [-0.2, -0.15) is 0 Å². The molecule has 0 amide bonds. The van der Waals surface area contributed by atoms with Crippen molar-refractivity contribution in [2.75, 3.05) is 12.8 Å². The molecule has 3 nitrogen and oxygen atoms in total. The van der Waals surface area contributed by atoms with Gasteiger partial charge < -0.3 is 10.5 Å². The van der Waals surface area contributed by atoms with Crippen LogP contribution in [0.1, 0.15) is 10.4 Å². The van der Waals surface area contributed by atoms with Crippen LogP contribution in [-0.4, -0.2) is 13.1 Å². The van der Waals surface area contributed by atoms with Gasteiger partial charge in [-0.25, -0.2) is 4.79 Å². The van der Waals surface area contributed by atoms with Crippen LogP contribution in [0.2, 0.25) is 10.0 Å². The van der Waals surface area contributed by atoms with Crippen LogP contribution < -0.4 is 5.73 Å². The number of hydrogen-bond acceptors (Lipinski definition) is 3. The molecule has 0 saturated heterocycles. The molecule has 2 N–H and O–H groups in total. The third kappa shape index (κ3) is 1.97. The molecule has 1 rings (SSSR count). The fraction of sp³-hybridized carbons (Fsp3) is 0.125. The quantitative estimate of drug-likeness (QED) is 0.492. The van der Waals surface area contributed by atoms with E-state index in [4.69, 9.17) is 28.9 Å². The average Bonchev–Trinajstić information content (AvgIpc) is 2.19. The first-order chi connectivity index (χ1) is 6.49. The molecule has 0 saturated carbocycles. The lowest BCUT2D eigenvalue weighted by atomic mass is 10.2. The van der Waals surface area contributed by atoms with Crippen molar-refractivity contribution in [3.05, 3.63) is 26.1 Å². The first-order valence-electron chi connectivity index (χ1n) is 3.50. The van der Waals surface area contributed by atoms with Gasteiger partial charge in [0.25, 0.3) is 0 Å². The van der Waals surface area contributed by atoms with Crippen molar-refractivity contribution in [2.24, 2.45) is 0 Å². The van der Waals surface area contributed by atoms with Gasteiger partial charge in [0.2, 0.25) is 0 Å². The van der Waals surface area contributed by atoms with Gasteiger partial charge in [0.05, 0.1) is 28.4 Å². The molecule has 0 bridgehead atoms. The molecular weight excluding hydrogens is 293 g/mol. The van der Waals surface area contributed by atoms with Gasteiger partial charge in [0, 0.05) is 4.47 Å². The Bertz CT molecular complexity index is 395. The largest absolute Gasteiger partial charge is 0.465 e.